The van der Waals surface area contributed by atoms with Gasteiger partial charge in [-0.05, 0) is 24.5 Å². The number of hydrogen-bond donors (Lipinski definition) is 1. The Hall–Kier alpha value is -1.65. The zero-order valence-electron chi connectivity index (χ0n) is 9.37. The Morgan fingerprint density at radius 3 is 2.75 bits per heavy atom. The number of nitrogens with zero attached hydrogens (tertiary/aromatic N) is 1. The standard InChI is InChI=1S/C11H15FN2O2/c1-8(2)5-6-13-9-3-4-10(12)11(7-9)14(15)16/h3-4,7-8,13H,5-6H2,1-2H3. The molecule has 4 nitrogen and oxygen atoms in total. The van der Waals surface area contributed by atoms with Crippen LogP contribution in [0.4, 0.5) is 15.8 Å². The van der Waals surface area contributed by atoms with E-state index in [0.717, 1.165) is 19.0 Å². The van der Waals surface area contributed by atoms with Crippen molar-refractivity contribution in [3.63, 3.8) is 0 Å². The first-order chi connectivity index (χ1) is 7.50. The number of nitrogens with one attached hydrogen (secondary N) is 1. The maximum Gasteiger partial charge on any atom is 0.306 e. The van der Waals surface area contributed by atoms with Crippen LogP contribution in [-0.2, 0) is 0 Å². The maximum absolute atomic E-state index is 13.0. The minimum atomic E-state index is -0.806. The minimum absolute atomic E-state index is 0.491. The molecular formula is C11H15FN2O2. The molecule has 1 rings (SSSR count). The van der Waals surface area contributed by atoms with Gasteiger partial charge in [0.2, 0.25) is 5.82 Å². The molecule has 0 saturated heterocycles. The smallest absolute Gasteiger partial charge is 0.306 e. The maximum atomic E-state index is 13.0. The molecule has 0 amide bonds. The highest BCUT2D eigenvalue weighted by Gasteiger charge is 2.13. The van der Waals surface area contributed by atoms with Gasteiger partial charge in [0, 0.05) is 18.3 Å². The van der Waals surface area contributed by atoms with Crippen LogP contribution in [0.25, 0.3) is 0 Å². The van der Waals surface area contributed by atoms with Gasteiger partial charge in [-0.2, -0.15) is 4.39 Å². The zero-order chi connectivity index (χ0) is 12.1. The van der Waals surface area contributed by atoms with E-state index in [2.05, 4.69) is 19.2 Å². The Balaban J connectivity index is 2.68. The lowest BCUT2D eigenvalue weighted by molar-refractivity contribution is -0.387. The summed E-state index contributed by atoms with van der Waals surface area (Å²) in [4.78, 5) is 9.77. The zero-order valence-corrected chi connectivity index (χ0v) is 9.37. The van der Waals surface area contributed by atoms with Crippen molar-refractivity contribution in [3.05, 3.63) is 34.1 Å². The van der Waals surface area contributed by atoms with Crippen LogP contribution >= 0.6 is 0 Å². The van der Waals surface area contributed by atoms with Gasteiger partial charge in [0.1, 0.15) is 0 Å². The van der Waals surface area contributed by atoms with E-state index in [1.165, 1.54) is 12.1 Å². The van der Waals surface area contributed by atoms with E-state index >= 15 is 0 Å². The van der Waals surface area contributed by atoms with Gasteiger partial charge in [0.15, 0.2) is 0 Å². The van der Waals surface area contributed by atoms with E-state index in [1.54, 1.807) is 0 Å². The lowest BCUT2D eigenvalue weighted by Gasteiger charge is -2.08. The van der Waals surface area contributed by atoms with Crippen molar-refractivity contribution in [1.29, 1.82) is 0 Å². The number of hydrogen-bond acceptors (Lipinski definition) is 3. The normalized spacial score (nSPS) is 10.5. The van der Waals surface area contributed by atoms with Crippen LogP contribution in [0, 0.1) is 21.8 Å². The number of halogens is 1. The quantitative estimate of drug-likeness (QED) is 0.619. The molecule has 0 saturated carbocycles. The summed E-state index contributed by atoms with van der Waals surface area (Å²) >= 11 is 0. The second-order valence-electron chi connectivity index (χ2n) is 4.03. The molecule has 5 heteroatoms. The molecule has 0 aliphatic rings. The number of benzene rings is 1. The summed E-state index contributed by atoms with van der Waals surface area (Å²) < 4.78 is 13.0. The fourth-order valence-corrected chi connectivity index (χ4v) is 1.27. The SMILES string of the molecule is CC(C)CCNc1ccc(F)c([N+](=O)[O-])c1. The summed E-state index contributed by atoms with van der Waals surface area (Å²) in [5, 5.41) is 13.5. The molecule has 1 aromatic rings. The van der Waals surface area contributed by atoms with Crippen LogP contribution in [0.1, 0.15) is 20.3 Å². The molecule has 0 spiro atoms. The molecule has 0 aromatic heterocycles. The van der Waals surface area contributed by atoms with Gasteiger partial charge < -0.3 is 5.32 Å². The Labute approximate surface area is 93.6 Å². The van der Waals surface area contributed by atoms with E-state index < -0.39 is 16.4 Å². The summed E-state index contributed by atoms with van der Waals surface area (Å²) in [6.45, 7) is 4.91. The lowest BCUT2D eigenvalue weighted by Crippen LogP contribution is -2.05. The Bertz CT molecular complexity index is 380. The first-order valence-electron chi connectivity index (χ1n) is 5.18. The largest absolute Gasteiger partial charge is 0.385 e. The third-order valence-electron chi connectivity index (χ3n) is 2.19. The van der Waals surface area contributed by atoms with Crippen LogP contribution in [0.3, 0.4) is 0 Å². The van der Waals surface area contributed by atoms with Gasteiger partial charge in [-0.1, -0.05) is 13.8 Å². The fourth-order valence-electron chi connectivity index (χ4n) is 1.27. The highest BCUT2D eigenvalue weighted by molar-refractivity contribution is 5.51. The molecule has 0 atom stereocenters. The first-order valence-corrected chi connectivity index (χ1v) is 5.18. The molecule has 0 bridgehead atoms. The molecule has 0 heterocycles. The van der Waals surface area contributed by atoms with E-state index in [4.69, 9.17) is 0 Å². The minimum Gasteiger partial charge on any atom is -0.385 e. The summed E-state index contributed by atoms with van der Waals surface area (Å²) in [5.41, 5.74) is 0.0864. The predicted octanol–water partition coefficient (Wildman–Crippen LogP) is 3.19. The molecular weight excluding hydrogens is 211 g/mol. The van der Waals surface area contributed by atoms with Crippen molar-refractivity contribution in [2.24, 2.45) is 5.92 Å². The van der Waals surface area contributed by atoms with Crippen molar-refractivity contribution in [3.8, 4) is 0 Å². The predicted molar refractivity (Wildman–Crippen MR) is 61.0 cm³/mol. The van der Waals surface area contributed by atoms with Crippen molar-refractivity contribution in [2.45, 2.75) is 20.3 Å². The average Bonchev–Trinajstić information content (AvgIpc) is 2.19. The topological polar surface area (TPSA) is 55.2 Å². The Kier molecular flexibility index (Phi) is 4.22. The van der Waals surface area contributed by atoms with Gasteiger partial charge in [0.25, 0.3) is 0 Å². The van der Waals surface area contributed by atoms with Gasteiger partial charge in [0.05, 0.1) is 4.92 Å². The van der Waals surface area contributed by atoms with Crippen molar-refractivity contribution in [2.75, 3.05) is 11.9 Å². The van der Waals surface area contributed by atoms with Crippen LogP contribution in [0.2, 0.25) is 0 Å². The number of nitro benzene ring substituents is 1. The summed E-state index contributed by atoms with van der Waals surface area (Å²) in [6, 6.07) is 3.83. The van der Waals surface area contributed by atoms with Gasteiger partial charge in [-0.3, -0.25) is 10.1 Å². The molecule has 88 valence electrons. The van der Waals surface area contributed by atoms with Crippen molar-refractivity contribution in [1.82, 2.24) is 0 Å². The van der Waals surface area contributed by atoms with Crippen LogP contribution < -0.4 is 5.32 Å². The molecule has 0 aliphatic heterocycles. The Morgan fingerprint density at radius 1 is 1.50 bits per heavy atom. The summed E-state index contributed by atoms with van der Waals surface area (Å²) in [6.07, 6.45) is 0.963. The van der Waals surface area contributed by atoms with E-state index in [-0.39, 0.29) is 0 Å². The van der Waals surface area contributed by atoms with Crippen LogP contribution in [-0.4, -0.2) is 11.5 Å². The molecule has 0 aliphatic carbocycles. The Morgan fingerprint density at radius 2 is 2.19 bits per heavy atom. The number of nitro groups is 1. The fraction of sp³-hybridized carbons (Fsp3) is 0.455. The van der Waals surface area contributed by atoms with Gasteiger partial charge in [-0.15, -0.1) is 0 Å². The molecule has 0 fully saturated rings. The molecule has 1 aromatic carbocycles. The number of anilines is 1. The van der Waals surface area contributed by atoms with E-state index in [0.29, 0.717) is 11.6 Å². The van der Waals surface area contributed by atoms with Gasteiger partial charge >= 0.3 is 5.69 Å². The first kappa shape index (κ1) is 12.4. The second kappa shape index (κ2) is 5.44. The molecule has 16 heavy (non-hydrogen) atoms. The summed E-state index contributed by atoms with van der Waals surface area (Å²) in [7, 11) is 0. The second-order valence-corrected chi connectivity index (χ2v) is 4.03. The van der Waals surface area contributed by atoms with E-state index in [1.807, 2.05) is 0 Å². The molecule has 0 unspecified atom stereocenters. The van der Waals surface area contributed by atoms with Crippen molar-refractivity contribution < 1.29 is 9.31 Å². The third-order valence-corrected chi connectivity index (χ3v) is 2.19. The van der Waals surface area contributed by atoms with Crippen LogP contribution in [0.5, 0.6) is 0 Å². The highest BCUT2D eigenvalue weighted by atomic mass is 19.1. The summed E-state index contributed by atoms with van der Waals surface area (Å²) in [5.74, 6) is -0.248. The lowest BCUT2D eigenvalue weighted by atomic mass is 10.1. The highest BCUT2D eigenvalue weighted by Crippen LogP contribution is 2.21. The monoisotopic (exact) mass is 226 g/mol. The van der Waals surface area contributed by atoms with Crippen molar-refractivity contribution >= 4 is 11.4 Å². The molecule has 0 radical (unpaired) electrons. The van der Waals surface area contributed by atoms with Gasteiger partial charge in [-0.25, -0.2) is 0 Å². The van der Waals surface area contributed by atoms with E-state index in [9.17, 15) is 14.5 Å². The van der Waals surface area contributed by atoms with Crippen LogP contribution in [0.15, 0.2) is 18.2 Å². The number of rotatable bonds is 5. The average molecular weight is 226 g/mol. The molecule has 1 N–H and O–H groups in total. The third kappa shape index (κ3) is 3.49.